The molecule has 3 rings (SSSR count). The molecule has 129 valence electrons. The third-order valence-electron chi connectivity index (χ3n) is 4.11. The molecule has 25 heavy (non-hydrogen) atoms. The maximum absolute atomic E-state index is 12.6. The monoisotopic (exact) mass is 375 g/mol. The van der Waals surface area contributed by atoms with Crippen molar-refractivity contribution in [2.75, 3.05) is 18.4 Å². The van der Waals surface area contributed by atoms with Crippen LogP contribution in [0.1, 0.15) is 40.0 Å². The maximum atomic E-state index is 12.6. The van der Waals surface area contributed by atoms with Crippen molar-refractivity contribution in [1.82, 2.24) is 4.90 Å². The highest BCUT2D eigenvalue weighted by Crippen LogP contribution is 2.22. The summed E-state index contributed by atoms with van der Waals surface area (Å²) in [5.41, 5.74) is 1.33. The number of carbonyl (C=O) groups excluding carboxylic acids is 2. The zero-order valence-corrected chi connectivity index (χ0v) is 15.0. The molecule has 1 fully saturated rings. The van der Waals surface area contributed by atoms with Crippen LogP contribution in [0.5, 0.6) is 0 Å². The molecule has 0 unspecified atom stereocenters. The van der Waals surface area contributed by atoms with E-state index < -0.39 is 0 Å². The van der Waals surface area contributed by atoms with Crippen molar-refractivity contribution in [3.8, 4) is 0 Å². The highest BCUT2D eigenvalue weighted by Gasteiger charge is 2.19. The van der Waals surface area contributed by atoms with Gasteiger partial charge < -0.3 is 10.2 Å². The van der Waals surface area contributed by atoms with Crippen LogP contribution in [0.2, 0.25) is 10.0 Å². The van der Waals surface area contributed by atoms with E-state index in [-0.39, 0.29) is 16.8 Å². The summed E-state index contributed by atoms with van der Waals surface area (Å²) >= 11 is 11.9. The van der Waals surface area contributed by atoms with Crippen molar-refractivity contribution in [2.24, 2.45) is 0 Å². The van der Waals surface area contributed by atoms with E-state index in [1.54, 1.807) is 30.3 Å². The molecule has 4 nitrogen and oxygen atoms in total. The van der Waals surface area contributed by atoms with Crippen LogP contribution in [-0.2, 0) is 0 Å². The average Bonchev–Trinajstić information content (AvgIpc) is 2.62. The third-order valence-corrected chi connectivity index (χ3v) is 4.66. The van der Waals surface area contributed by atoms with Gasteiger partial charge in [0.05, 0.1) is 10.6 Å². The van der Waals surface area contributed by atoms with Crippen molar-refractivity contribution in [3.63, 3.8) is 0 Å². The van der Waals surface area contributed by atoms with E-state index in [1.165, 1.54) is 6.07 Å². The second-order valence-electron chi connectivity index (χ2n) is 5.94. The van der Waals surface area contributed by atoms with Crippen molar-refractivity contribution in [1.29, 1.82) is 0 Å². The second-order valence-corrected chi connectivity index (χ2v) is 6.79. The van der Waals surface area contributed by atoms with E-state index in [2.05, 4.69) is 11.4 Å². The number of likely N-dealkylation sites (tertiary alicyclic amines) is 1. The number of rotatable bonds is 3. The Kier molecular flexibility index (Phi) is 5.61. The third kappa shape index (κ3) is 4.33. The van der Waals surface area contributed by atoms with Gasteiger partial charge in [-0.3, -0.25) is 9.59 Å². The largest absolute Gasteiger partial charge is 0.339 e. The van der Waals surface area contributed by atoms with Crippen molar-refractivity contribution >= 4 is 40.7 Å². The quantitative estimate of drug-likeness (QED) is 0.846. The lowest BCUT2D eigenvalue weighted by molar-refractivity contribution is 0.0724. The molecular formula is C19H17Cl2N2O2. The number of amides is 2. The van der Waals surface area contributed by atoms with Crippen molar-refractivity contribution < 1.29 is 9.59 Å². The van der Waals surface area contributed by atoms with E-state index in [4.69, 9.17) is 23.2 Å². The molecule has 2 amide bonds. The molecule has 1 heterocycles. The zero-order chi connectivity index (χ0) is 17.8. The fourth-order valence-electron chi connectivity index (χ4n) is 2.82. The van der Waals surface area contributed by atoms with E-state index in [1.807, 2.05) is 4.90 Å². The molecule has 1 N–H and O–H groups in total. The van der Waals surface area contributed by atoms with Gasteiger partial charge in [-0.05, 0) is 61.7 Å². The molecule has 2 aromatic rings. The summed E-state index contributed by atoms with van der Waals surface area (Å²) in [6.45, 7) is 1.55. The van der Waals surface area contributed by atoms with Crippen LogP contribution in [-0.4, -0.2) is 29.8 Å². The summed E-state index contributed by atoms with van der Waals surface area (Å²) in [6.07, 6.45) is 3.22. The van der Waals surface area contributed by atoms with E-state index in [9.17, 15) is 9.59 Å². The smallest absolute Gasteiger partial charge is 0.257 e. The Bertz CT molecular complexity index is 802. The van der Waals surface area contributed by atoms with Crippen LogP contribution >= 0.6 is 23.2 Å². The minimum absolute atomic E-state index is 0.0309. The summed E-state index contributed by atoms with van der Waals surface area (Å²) in [5.74, 6) is -0.394. The lowest BCUT2D eigenvalue weighted by atomic mass is 10.1. The maximum Gasteiger partial charge on any atom is 0.257 e. The molecule has 2 aromatic carbocycles. The number of carbonyl (C=O) groups is 2. The summed E-state index contributed by atoms with van der Waals surface area (Å²) in [4.78, 5) is 26.8. The molecule has 0 aromatic heterocycles. The van der Waals surface area contributed by atoms with Crippen LogP contribution < -0.4 is 5.32 Å². The molecule has 0 bridgehead atoms. The molecule has 0 saturated carbocycles. The first-order chi connectivity index (χ1) is 12.0. The van der Waals surface area contributed by atoms with Gasteiger partial charge in [-0.1, -0.05) is 23.2 Å². The van der Waals surface area contributed by atoms with Crippen LogP contribution in [0.3, 0.4) is 0 Å². The Morgan fingerprint density at radius 3 is 2.52 bits per heavy atom. The first kappa shape index (κ1) is 17.8. The summed E-state index contributed by atoms with van der Waals surface area (Å²) in [5, 5.41) is 3.48. The first-order valence-electron chi connectivity index (χ1n) is 8.11. The number of anilines is 1. The molecule has 1 aliphatic rings. The van der Waals surface area contributed by atoms with Gasteiger partial charge in [-0.2, -0.15) is 0 Å². The standard InChI is InChI=1S/C19H17Cl2N2O2/c20-14-7-8-16(17(21)12-14)18(24)22-15-6-4-5-13(11-15)19(25)23-9-2-1-3-10-23/h5-8,11-12H,1-3,9-10H2,(H,22,24). The van der Waals surface area contributed by atoms with Gasteiger partial charge in [-0.25, -0.2) is 0 Å². The fraction of sp³-hybridized carbons (Fsp3) is 0.263. The van der Waals surface area contributed by atoms with Crippen molar-refractivity contribution in [2.45, 2.75) is 19.3 Å². The number of hydrogen-bond acceptors (Lipinski definition) is 2. The highest BCUT2D eigenvalue weighted by atomic mass is 35.5. The van der Waals surface area contributed by atoms with Gasteiger partial charge in [0.1, 0.15) is 0 Å². The normalized spacial score (nSPS) is 14.2. The summed E-state index contributed by atoms with van der Waals surface area (Å²) in [7, 11) is 0. The average molecular weight is 376 g/mol. The number of benzene rings is 2. The number of halogens is 2. The Hall–Kier alpha value is -2.04. The molecule has 1 radical (unpaired) electrons. The zero-order valence-electron chi connectivity index (χ0n) is 13.5. The van der Waals surface area contributed by atoms with Gasteiger partial charge in [-0.15, -0.1) is 0 Å². The molecular weight excluding hydrogens is 359 g/mol. The molecule has 6 heteroatoms. The number of piperidine rings is 1. The minimum Gasteiger partial charge on any atom is -0.339 e. The van der Waals surface area contributed by atoms with Crippen LogP contribution in [0.15, 0.2) is 36.4 Å². The molecule has 0 atom stereocenters. The first-order valence-corrected chi connectivity index (χ1v) is 8.87. The lowest BCUT2D eigenvalue weighted by Crippen LogP contribution is -2.35. The fourth-order valence-corrected chi connectivity index (χ4v) is 3.31. The van der Waals surface area contributed by atoms with Crippen LogP contribution in [0.25, 0.3) is 0 Å². The number of hydrogen-bond donors (Lipinski definition) is 1. The Morgan fingerprint density at radius 1 is 1.04 bits per heavy atom. The van der Waals surface area contributed by atoms with E-state index in [0.717, 1.165) is 32.4 Å². The van der Waals surface area contributed by atoms with Gasteiger partial charge in [0.2, 0.25) is 0 Å². The SMILES string of the molecule is O=C(Nc1c[c]cc(C(=O)N2CCCCC2)c1)c1ccc(Cl)cc1Cl. The second kappa shape index (κ2) is 7.89. The number of nitrogens with one attached hydrogen (secondary N) is 1. The number of nitrogens with zero attached hydrogens (tertiary/aromatic N) is 1. The van der Waals surface area contributed by atoms with Gasteiger partial charge >= 0.3 is 0 Å². The Balaban J connectivity index is 1.75. The van der Waals surface area contributed by atoms with Crippen LogP contribution in [0, 0.1) is 6.07 Å². The predicted octanol–water partition coefficient (Wildman–Crippen LogP) is 4.67. The topological polar surface area (TPSA) is 49.4 Å². The highest BCUT2D eigenvalue weighted by molar-refractivity contribution is 6.37. The molecule has 1 saturated heterocycles. The van der Waals surface area contributed by atoms with E-state index >= 15 is 0 Å². The Labute approximate surface area is 156 Å². The molecule has 1 aliphatic heterocycles. The lowest BCUT2D eigenvalue weighted by Gasteiger charge is -2.26. The summed E-state index contributed by atoms with van der Waals surface area (Å²) < 4.78 is 0. The van der Waals surface area contributed by atoms with Crippen LogP contribution in [0.4, 0.5) is 5.69 Å². The molecule has 0 aliphatic carbocycles. The van der Waals surface area contributed by atoms with E-state index in [0.29, 0.717) is 21.8 Å². The molecule has 0 spiro atoms. The van der Waals surface area contributed by atoms with Gasteiger partial charge in [0.25, 0.3) is 11.8 Å². The minimum atomic E-state index is -0.363. The Morgan fingerprint density at radius 2 is 1.80 bits per heavy atom. The van der Waals surface area contributed by atoms with Gasteiger partial charge in [0, 0.05) is 29.4 Å². The van der Waals surface area contributed by atoms with Gasteiger partial charge in [0.15, 0.2) is 0 Å². The summed E-state index contributed by atoms with van der Waals surface area (Å²) in [6, 6.07) is 12.5. The van der Waals surface area contributed by atoms with Crippen molar-refractivity contribution in [3.05, 3.63) is 63.6 Å². The predicted molar refractivity (Wildman–Crippen MR) is 99.4 cm³/mol.